The van der Waals surface area contributed by atoms with Gasteiger partial charge >= 0.3 is 12.1 Å². The fourth-order valence-corrected chi connectivity index (χ4v) is 2.28. The summed E-state index contributed by atoms with van der Waals surface area (Å²) in [6.07, 6.45) is 0.476. The average Bonchev–Trinajstić information content (AvgIpc) is 2.76. The average molecular weight is 241 g/mol. The van der Waals surface area contributed by atoms with Crippen molar-refractivity contribution in [3.05, 3.63) is 0 Å². The maximum Gasteiger partial charge on any atom is 0.410 e. The monoisotopic (exact) mass is 241 g/mol. The van der Waals surface area contributed by atoms with E-state index < -0.39 is 11.6 Å². The lowest BCUT2D eigenvalue weighted by atomic mass is 9.94. The van der Waals surface area contributed by atoms with Gasteiger partial charge in [-0.15, -0.1) is 0 Å². The topological polar surface area (TPSA) is 66.8 Å². The highest BCUT2D eigenvalue weighted by Crippen LogP contribution is 2.47. The standard InChI is InChI=1S/C12H19NO4/c1-12(2,3)17-11(16)13-5-7(6-13)8-4-9(8)10(14)15/h7-9H,4-6H2,1-3H3,(H,14,15)/t8-,9-/m1/s1. The van der Waals surface area contributed by atoms with E-state index in [1.807, 2.05) is 20.8 Å². The molecular formula is C12H19NO4. The number of carbonyl (C=O) groups is 2. The van der Waals surface area contributed by atoms with E-state index in [1.165, 1.54) is 0 Å². The molecule has 1 saturated carbocycles. The van der Waals surface area contributed by atoms with Gasteiger partial charge in [0.05, 0.1) is 5.92 Å². The van der Waals surface area contributed by atoms with Gasteiger partial charge in [0.25, 0.3) is 0 Å². The van der Waals surface area contributed by atoms with Gasteiger partial charge in [0.15, 0.2) is 0 Å². The molecule has 96 valence electrons. The second-order valence-electron chi connectivity index (χ2n) is 5.99. The highest BCUT2D eigenvalue weighted by atomic mass is 16.6. The number of rotatable bonds is 2. The minimum absolute atomic E-state index is 0.180. The van der Waals surface area contributed by atoms with E-state index in [4.69, 9.17) is 9.84 Å². The van der Waals surface area contributed by atoms with Crippen LogP contribution in [-0.4, -0.2) is 40.8 Å². The van der Waals surface area contributed by atoms with Crippen LogP contribution in [0.25, 0.3) is 0 Å². The number of hydrogen-bond donors (Lipinski definition) is 1. The van der Waals surface area contributed by atoms with Gasteiger partial charge in [-0.05, 0) is 39.0 Å². The molecule has 1 aliphatic carbocycles. The summed E-state index contributed by atoms with van der Waals surface area (Å²) in [4.78, 5) is 24.0. The first-order valence-corrected chi connectivity index (χ1v) is 5.98. The fourth-order valence-electron chi connectivity index (χ4n) is 2.28. The Bertz CT molecular complexity index is 341. The second kappa shape index (κ2) is 3.89. The van der Waals surface area contributed by atoms with Crippen molar-refractivity contribution in [1.82, 2.24) is 4.90 Å². The smallest absolute Gasteiger partial charge is 0.410 e. The van der Waals surface area contributed by atoms with Gasteiger partial charge in [-0.3, -0.25) is 4.79 Å². The number of carbonyl (C=O) groups excluding carboxylic acids is 1. The van der Waals surface area contributed by atoms with E-state index in [2.05, 4.69) is 0 Å². The molecule has 0 radical (unpaired) electrons. The van der Waals surface area contributed by atoms with Crippen LogP contribution in [0.1, 0.15) is 27.2 Å². The number of ether oxygens (including phenoxy) is 1. The van der Waals surface area contributed by atoms with E-state index >= 15 is 0 Å². The zero-order chi connectivity index (χ0) is 12.8. The number of carboxylic acids is 1. The Morgan fingerprint density at radius 3 is 2.29 bits per heavy atom. The molecule has 2 rings (SSSR count). The first-order valence-electron chi connectivity index (χ1n) is 5.98. The highest BCUT2D eigenvalue weighted by Gasteiger charge is 2.52. The number of carboxylic acid groups (broad SMARTS) is 1. The van der Waals surface area contributed by atoms with Crippen molar-refractivity contribution in [2.45, 2.75) is 32.8 Å². The van der Waals surface area contributed by atoms with Gasteiger partial charge in [0.1, 0.15) is 5.60 Å². The van der Waals surface area contributed by atoms with Gasteiger partial charge < -0.3 is 14.7 Å². The SMILES string of the molecule is CC(C)(C)OC(=O)N1CC([C@H]2C[C@H]2C(=O)O)C1. The Balaban J connectivity index is 1.73. The molecule has 0 aromatic heterocycles. The Labute approximate surface area is 101 Å². The molecule has 2 atom stereocenters. The predicted octanol–water partition coefficient (Wildman–Crippen LogP) is 1.57. The third-order valence-corrected chi connectivity index (χ3v) is 3.32. The minimum Gasteiger partial charge on any atom is -0.481 e. The Morgan fingerprint density at radius 1 is 1.29 bits per heavy atom. The first-order chi connectivity index (χ1) is 7.78. The largest absolute Gasteiger partial charge is 0.481 e. The van der Waals surface area contributed by atoms with Crippen LogP contribution in [0.4, 0.5) is 4.79 Å². The molecule has 2 aliphatic rings. The summed E-state index contributed by atoms with van der Waals surface area (Å²) in [5.41, 5.74) is -0.467. The lowest BCUT2D eigenvalue weighted by Gasteiger charge is -2.40. The number of likely N-dealkylation sites (tertiary alicyclic amines) is 1. The molecule has 1 aliphatic heterocycles. The van der Waals surface area contributed by atoms with E-state index in [-0.39, 0.29) is 17.9 Å². The third kappa shape index (κ3) is 2.70. The van der Waals surface area contributed by atoms with Crippen molar-refractivity contribution >= 4 is 12.1 Å². The maximum atomic E-state index is 11.6. The predicted molar refractivity (Wildman–Crippen MR) is 60.5 cm³/mol. The van der Waals surface area contributed by atoms with Crippen LogP contribution in [0, 0.1) is 17.8 Å². The summed E-state index contributed by atoms with van der Waals surface area (Å²) in [5, 5.41) is 8.81. The van der Waals surface area contributed by atoms with Gasteiger partial charge in [0, 0.05) is 13.1 Å². The van der Waals surface area contributed by atoms with E-state index in [0.29, 0.717) is 19.0 Å². The number of nitrogens with zero attached hydrogens (tertiary/aromatic N) is 1. The van der Waals surface area contributed by atoms with Crippen molar-refractivity contribution in [1.29, 1.82) is 0 Å². The molecule has 5 heteroatoms. The molecule has 0 aromatic rings. The number of aliphatic carboxylic acids is 1. The van der Waals surface area contributed by atoms with Crippen molar-refractivity contribution in [3.63, 3.8) is 0 Å². The lowest BCUT2D eigenvalue weighted by Crippen LogP contribution is -2.52. The molecule has 1 amide bonds. The fraction of sp³-hybridized carbons (Fsp3) is 0.833. The van der Waals surface area contributed by atoms with E-state index in [0.717, 1.165) is 6.42 Å². The van der Waals surface area contributed by atoms with Crippen molar-refractivity contribution < 1.29 is 19.4 Å². The van der Waals surface area contributed by atoms with Crippen LogP contribution < -0.4 is 0 Å². The Hall–Kier alpha value is -1.26. The van der Waals surface area contributed by atoms with Crippen molar-refractivity contribution in [2.24, 2.45) is 17.8 Å². The minimum atomic E-state index is -0.703. The molecule has 2 fully saturated rings. The highest BCUT2D eigenvalue weighted by molar-refractivity contribution is 5.74. The summed E-state index contributed by atoms with van der Waals surface area (Å²) >= 11 is 0. The third-order valence-electron chi connectivity index (χ3n) is 3.32. The van der Waals surface area contributed by atoms with Gasteiger partial charge in [-0.1, -0.05) is 0 Å². The molecule has 1 saturated heterocycles. The maximum absolute atomic E-state index is 11.6. The molecule has 17 heavy (non-hydrogen) atoms. The van der Waals surface area contributed by atoms with Crippen LogP contribution in [0.5, 0.6) is 0 Å². The van der Waals surface area contributed by atoms with Gasteiger partial charge in [-0.2, -0.15) is 0 Å². The summed E-state index contributed by atoms with van der Waals surface area (Å²) in [7, 11) is 0. The second-order valence-corrected chi connectivity index (χ2v) is 5.99. The number of hydrogen-bond acceptors (Lipinski definition) is 3. The van der Waals surface area contributed by atoms with Crippen LogP contribution >= 0.6 is 0 Å². The van der Waals surface area contributed by atoms with Crippen molar-refractivity contribution in [3.8, 4) is 0 Å². The Morgan fingerprint density at radius 2 is 1.88 bits per heavy atom. The normalized spacial score (nSPS) is 28.5. The van der Waals surface area contributed by atoms with Crippen LogP contribution in [0.15, 0.2) is 0 Å². The number of amides is 1. The molecule has 1 N–H and O–H groups in total. The Kier molecular flexibility index (Phi) is 2.79. The molecule has 0 bridgehead atoms. The summed E-state index contributed by atoms with van der Waals surface area (Å²) in [6, 6.07) is 0. The molecule has 0 aromatic carbocycles. The van der Waals surface area contributed by atoms with E-state index in [9.17, 15) is 9.59 Å². The van der Waals surface area contributed by atoms with Crippen LogP contribution in [-0.2, 0) is 9.53 Å². The molecule has 0 unspecified atom stereocenters. The van der Waals surface area contributed by atoms with Gasteiger partial charge in [-0.25, -0.2) is 4.79 Å². The van der Waals surface area contributed by atoms with Crippen molar-refractivity contribution in [2.75, 3.05) is 13.1 Å². The first kappa shape index (κ1) is 12.2. The summed E-state index contributed by atoms with van der Waals surface area (Å²) in [5.74, 6) is -0.263. The quantitative estimate of drug-likeness (QED) is 0.797. The molecule has 1 heterocycles. The lowest BCUT2D eigenvalue weighted by molar-refractivity contribution is -0.139. The molecule has 0 spiro atoms. The summed E-state index contributed by atoms with van der Waals surface area (Å²) < 4.78 is 5.24. The van der Waals surface area contributed by atoms with Gasteiger partial charge in [0.2, 0.25) is 0 Å². The summed E-state index contributed by atoms with van der Waals surface area (Å²) in [6.45, 7) is 6.79. The van der Waals surface area contributed by atoms with Crippen LogP contribution in [0.2, 0.25) is 0 Å². The van der Waals surface area contributed by atoms with Crippen LogP contribution in [0.3, 0.4) is 0 Å². The molecule has 5 nitrogen and oxygen atoms in total. The van der Waals surface area contributed by atoms with E-state index in [1.54, 1.807) is 4.90 Å². The zero-order valence-corrected chi connectivity index (χ0v) is 10.5. The molecular weight excluding hydrogens is 222 g/mol. The zero-order valence-electron chi connectivity index (χ0n) is 10.5.